The van der Waals surface area contributed by atoms with Crippen LogP contribution >= 0.6 is 0 Å². The number of nitrogens with zero attached hydrogens (tertiary/aromatic N) is 1. The second-order valence-electron chi connectivity index (χ2n) is 6.90. The van der Waals surface area contributed by atoms with Gasteiger partial charge in [0.05, 0.1) is 24.4 Å². The summed E-state index contributed by atoms with van der Waals surface area (Å²) in [7, 11) is 0. The molecule has 0 saturated carbocycles. The first-order chi connectivity index (χ1) is 11.4. The molecule has 5 heteroatoms. The molecule has 1 unspecified atom stereocenters. The number of hydrogen-bond donors (Lipinski definition) is 2. The molecule has 0 aliphatic rings. The van der Waals surface area contributed by atoms with Crippen LogP contribution in [0.5, 0.6) is 11.5 Å². The molecule has 1 aromatic heterocycles. The fraction of sp³-hybridized carbons (Fsp3) is 0.368. The first-order valence-electron chi connectivity index (χ1n) is 7.98. The van der Waals surface area contributed by atoms with Crippen LogP contribution in [0.25, 0.3) is 0 Å². The standard InChI is InChI=1S/C19H24N2O3/c1-19(2,3)11-14(13-22)21-18(23)16-8-4-5-9-17(16)24-15-7-6-10-20-12-15/h4-10,12,14,22H,11,13H2,1-3H3,(H,21,23). The van der Waals surface area contributed by atoms with Gasteiger partial charge < -0.3 is 15.2 Å². The maximum absolute atomic E-state index is 12.6. The zero-order valence-electron chi connectivity index (χ0n) is 14.3. The Morgan fingerprint density at radius 3 is 2.62 bits per heavy atom. The molecular weight excluding hydrogens is 304 g/mol. The van der Waals surface area contributed by atoms with E-state index >= 15 is 0 Å². The average Bonchev–Trinajstić information content (AvgIpc) is 2.54. The van der Waals surface area contributed by atoms with Gasteiger partial charge in [0.15, 0.2) is 0 Å². The van der Waals surface area contributed by atoms with Gasteiger partial charge >= 0.3 is 0 Å². The maximum atomic E-state index is 12.6. The van der Waals surface area contributed by atoms with Crippen LogP contribution in [-0.4, -0.2) is 28.6 Å². The van der Waals surface area contributed by atoms with Crippen LogP contribution in [0, 0.1) is 5.41 Å². The minimum atomic E-state index is -0.302. The molecule has 0 bridgehead atoms. The van der Waals surface area contributed by atoms with Gasteiger partial charge in [-0.3, -0.25) is 9.78 Å². The maximum Gasteiger partial charge on any atom is 0.255 e. The molecule has 1 heterocycles. The highest BCUT2D eigenvalue weighted by atomic mass is 16.5. The van der Waals surface area contributed by atoms with Gasteiger partial charge in [0.25, 0.3) is 5.91 Å². The fourth-order valence-electron chi connectivity index (χ4n) is 2.44. The summed E-state index contributed by atoms with van der Waals surface area (Å²) in [4.78, 5) is 16.6. The minimum absolute atomic E-state index is 0.00635. The molecule has 1 amide bonds. The van der Waals surface area contributed by atoms with Gasteiger partial charge in [-0.2, -0.15) is 0 Å². The van der Waals surface area contributed by atoms with E-state index in [4.69, 9.17) is 4.74 Å². The van der Waals surface area contributed by atoms with E-state index in [-0.39, 0.29) is 24.0 Å². The molecule has 0 aliphatic carbocycles. The van der Waals surface area contributed by atoms with Crippen molar-refractivity contribution in [2.45, 2.75) is 33.2 Å². The van der Waals surface area contributed by atoms with Crippen molar-refractivity contribution >= 4 is 5.91 Å². The smallest absolute Gasteiger partial charge is 0.255 e. The SMILES string of the molecule is CC(C)(C)CC(CO)NC(=O)c1ccccc1Oc1cccnc1. The summed E-state index contributed by atoms with van der Waals surface area (Å²) < 4.78 is 5.76. The highest BCUT2D eigenvalue weighted by Gasteiger charge is 2.22. The van der Waals surface area contributed by atoms with E-state index in [1.54, 1.807) is 48.8 Å². The van der Waals surface area contributed by atoms with Crippen molar-refractivity contribution in [1.82, 2.24) is 10.3 Å². The lowest BCUT2D eigenvalue weighted by Gasteiger charge is -2.25. The molecule has 0 saturated heterocycles. The Kier molecular flexibility index (Phi) is 5.93. The number of carbonyl (C=O) groups is 1. The molecule has 5 nitrogen and oxygen atoms in total. The van der Waals surface area contributed by atoms with Crippen LogP contribution < -0.4 is 10.1 Å². The van der Waals surface area contributed by atoms with Crippen LogP contribution in [0.1, 0.15) is 37.6 Å². The third-order valence-electron chi connectivity index (χ3n) is 3.41. The van der Waals surface area contributed by atoms with Crippen molar-refractivity contribution in [3.8, 4) is 11.5 Å². The summed E-state index contributed by atoms with van der Waals surface area (Å²) >= 11 is 0. The van der Waals surface area contributed by atoms with Crippen molar-refractivity contribution in [3.05, 3.63) is 54.4 Å². The normalized spacial score (nSPS) is 12.5. The van der Waals surface area contributed by atoms with Gasteiger partial charge in [-0.1, -0.05) is 32.9 Å². The van der Waals surface area contributed by atoms with Gasteiger partial charge in [0.1, 0.15) is 11.5 Å². The van der Waals surface area contributed by atoms with Crippen LogP contribution in [-0.2, 0) is 0 Å². The molecule has 128 valence electrons. The van der Waals surface area contributed by atoms with E-state index in [0.717, 1.165) is 0 Å². The number of pyridine rings is 1. The quantitative estimate of drug-likeness (QED) is 0.852. The second kappa shape index (κ2) is 7.93. The molecule has 2 aromatic rings. The predicted octanol–water partition coefficient (Wildman–Crippen LogP) is 3.40. The van der Waals surface area contributed by atoms with Crippen molar-refractivity contribution in [2.24, 2.45) is 5.41 Å². The van der Waals surface area contributed by atoms with E-state index < -0.39 is 0 Å². The Balaban J connectivity index is 2.14. The third-order valence-corrected chi connectivity index (χ3v) is 3.41. The third kappa shape index (κ3) is 5.35. The largest absolute Gasteiger partial charge is 0.455 e. The highest BCUT2D eigenvalue weighted by molar-refractivity contribution is 5.97. The average molecular weight is 328 g/mol. The molecular formula is C19H24N2O3. The number of benzene rings is 1. The number of nitrogens with one attached hydrogen (secondary N) is 1. The Bertz CT molecular complexity index is 666. The van der Waals surface area contributed by atoms with Crippen molar-refractivity contribution in [1.29, 1.82) is 0 Å². The van der Waals surface area contributed by atoms with E-state index in [1.807, 2.05) is 0 Å². The Morgan fingerprint density at radius 1 is 1.25 bits per heavy atom. The number of amides is 1. The number of hydrogen-bond acceptors (Lipinski definition) is 4. The number of para-hydroxylation sites is 1. The summed E-state index contributed by atoms with van der Waals surface area (Å²) in [6, 6.07) is 10.3. The number of aromatic nitrogens is 1. The van der Waals surface area contributed by atoms with Crippen LogP contribution in [0.3, 0.4) is 0 Å². The van der Waals surface area contributed by atoms with Crippen molar-refractivity contribution in [3.63, 3.8) is 0 Å². The summed E-state index contributed by atoms with van der Waals surface area (Å²) in [5.74, 6) is 0.749. The molecule has 24 heavy (non-hydrogen) atoms. The molecule has 0 fully saturated rings. The van der Waals surface area contributed by atoms with Crippen molar-refractivity contribution in [2.75, 3.05) is 6.61 Å². The molecule has 2 N–H and O–H groups in total. The number of aliphatic hydroxyl groups excluding tert-OH is 1. The predicted molar refractivity (Wildman–Crippen MR) is 93.2 cm³/mol. The van der Waals surface area contributed by atoms with Gasteiger partial charge in [0.2, 0.25) is 0 Å². The van der Waals surface area contributed by atoms with Gasteiger partial charge in [-0.15, -0.1) is 0 Å². The van der Waals surface area contributed by atoms with E-state index in [9.17, 15) is 9.90 Å². The zero-order chi connectivity index (χ0) is 17.6. The van der Waals surface area contributed by atoms with E-state index in [1.165, 1.54) is 0 Å². The summed E-state index contributed by atoms with van der Waals surface area (Å²) in [6.07, 6.45) is 3.93. The monoisotopic (exact) mass is 328 g/mol. The molecule has 1 atom stereocenters. The number of aliphatic hydroxyl groups is 1. The second-order valence-corrected chi connectivity index (χ2v) is 6.90. The zero-order valence-corrected chi connectivity index (χ0v) is 14.3. The van der Waals surface area contributed by atoms with E-state index in [0.29, 0.717) is 23.5 Å². The molecule has 1 aromatic carbocycles. The first kappa shape index (κ1) is 17.9. The lowest BCUT2D eigenvalue weighted by atomic mass is 9.88. The molecule has 0 spiro atoms. The van der Waals surface area contributed by atoms with Gasteiger partial charge in [-0.25, -0.2) is 0 Å². The fourth-order valence-corrected chi connectivity index (χ4v) is 2.44. The Hall–Kier alpha value is -2.40. The molecule has 2 rings (SSSR count). The Labute approximate surface area is 142 Å². The summed E-state index contributed by atoms with van der Waals surface area (Å²) in [5.41, 5.74) is 0.431. The summed E-state index contributed by atoms with van der Waals surface area (Å²) in [5, 5.41) is 12.4. The Morgan fingerprint density at radius 2 is 2.00 bits per heavy atom. The molecule has 0 aliphatic heterocycles. The number of ether oxygens (including phenoxy) is 1. The minimum Gasteiger partial charge on any atom is -0.455 e. The summed E-state index contributed by atoms with van der Waals surface area (Å²) in [6.45, 7) is 6.11. The van der Waals surface area contributed by atoms with E-state index in [2.05, 4.69) is 31.1 Å². The lowest BCUT2D eigenvalue weighted by molar-refractivity contribution is 0.0895. The molecule has 0 radical (unpaired) electrons. The van der Waals surface area contributed by atoms with Crippen LogP contribution in [0.4, 0.5) is 0 Å². The van der Waals surface area contributed by atoms with Crippen LogP contribution in [0.2, 0.25) is 0 Å². The topological polar surface area (TPSA) is 71.5 Å². The first-order valence-corrected chi connectivity index (χ1v) is 7.98. The van der Waals surface area contributed by atoms with Gasteiger partial charge in [-0.05, 0) is 36.1 Å². The lowest BCUT2D eigenvalue weighted by Crippen LogP contribution is -2.40. The highest BCUT2D eigenvalue weighted by Crippen LogP contribution is 2.25. The van der Waals surface area contributed by atoms with Crippen LogP contribution in [0.15, 0.2) is 48.8 Å². The van der Waals surface area contributed by atoms with Crippen molar-refractivity contribution < 1.29 is 14.6 Å². The number of carbonyl (C=O) groups excluding carboxylic acids is 1. The van der Waals surface area contributed by atoms with Gasteiger partial charge in [0, 0.05) is 6.20 Å². The number of rotatable bonds is 6.